The Hall–Kier alpha value is -2.13. The first-order valence-corrected chi connectivity index (χ1v) is 12.0. The molecule has 9 heteroatoms. The van der Waals surface area contributed by atoms with Gasteiger partial charge in [0.1, 0.15) is 5.82 Å². The highest BCUT2D eigenvalue weighted by molar-refractivity contribution is 7.99. The molecule has 1 aliphatic carbocycles. The molecule has 0 saturated heterocycles. The number of nitrogens with zero attached hydrogens (tertiary/aromatic N) is 4. The molecule has 4 rings (SSSR count). The molecule has 2 aliphatic rings. The Morgan fingerprint density at radius 1 is 1.25 bits per heavy atom. The number of carbonyl (C=O) groups excluding carboxylic acids is 1. The van der Waals surface area contributed by atoms with E-state index in [-0.39, 0.29) is 17.4 Å². The molecule has 28 heavy (non-hydrogen) atoms. The van der Waals surface area contributed by atoms with E-state index in [0.717, 1.165) is 30.4 Å². The number of thioether (sulfide) groups is 1. The summed E-state index contributed by atoms with van der Waals surface area (Å²) in [6.45, 7) is 2.81. The Balaban J connectivity index is 1.53. The first-order valence-electron chi connectivity index (χ1n) is 9.32. The average Bonchev–Trinajstić information content (AvgIpc) is 3.35. The summed E-state index contributed by atoms with van der Waals surface area (Å²) < 4.78 is 25.8. The lowest BCUT2D eigenvalue weighted by Gasteiger charge is -2.27. The molecule has 1 saturated carbocycles. The molecule has 1 aromatic carbocycles. The molecule has 0 unspecified atom stereocenters. The van der Waals surface area contributed by atoms with Gasteiger partial charge in [-0.1, -0.05) is 30.0 Å². The van der Waals surface area contributed by atoms with Gasteiger partial charge in [-0.25, -0.2) is 8.42 Å². The van der Waals surface area contributed by atoms with Gasteiger partial charge in [0.25, 0.3) is 0 Å². The molecule has 2 aromatic rings. The third-order valence-corrected chi connectivity index (χ3v) is 7.20. The number of carbonyl (C=O) groups is 1. The fourth-order valence-electron chi connectivity index (χ4n) is 3.37. The Bertz CT molecular complexity index is 997. The fourth-order valence-corrected chi connectivity index (χ4v) is 5.51. The van der Waals surface area contributed by atoms with Crippen LogP contribution in [0.5, 0.6) is 0 Å². The van der Waals surface area contributed by atoms with Crippen LogP contribution in [-0.4, -0.2) is 46.6 Å². The van der Waals surface area contributed by atoms with E-state index in [0.29, 0.717) is 11.6 Å². The summed E-state index contributed by atoms with van der Waals surface area (Å²) >= 11 is 1.35. The number of sulfone groups is 1. The van der Waals surface area contributed by atoms with Crippen LogP contribution in [0.25, 0.3) is 0 Å². The number of amides is 1. The molecule has 1 atom stereocenters. The van der Waals surface area contributed by atoms with Crippen molar-refractivity contribution >= 4 is 33.2 Å². The van der Waals surface area contributed by atoms with Gasteiger partial charge in [-0.3, -0.25) is 4.79 Å². The number of aromatic nitrogens is 3. The largest absolute Gasteiger partial charge is 0.306 e. The van der Waals surface area contributed by atoms with Crippen molar-refractivity contribution in [2.45, 2.75) is 43.4 Å². The van der Waals surface area contributed by atoms with Crippen LogP contribution in [-0.2, 0) is 21.2 Å². The minimum absolute atomic E-state index is 0.0880. The molecule has 1 aromatic heterocycles. The average molecular weight is 419 g/mol. The van der Waals surface area contributed by atoms with Crippen molar-refractivity contribution in [2.75, 3.05) is 16.4 Å². The lowest BCUT2D eigenvalue weighted by molar-refractivity contribution is -0.116. The van der Waals surface area contributed by atoms with Gasteiger partial charge in [-0.2, -0.15) is 0 Å². The van der Waals surface area contributed by atoms with Gasteiger partial charge in [-0.05, 0) is 38.0 Å². The summed E-state index contributed by atoms with van der Waals surface area (Å²) in [7, 11) is -3.27. The Labute approximate surface area is 168 Å². The predicted octanol–water partition coefficient (Wildman–Crippen LogP) is 2.61. The number of benzene rings is 1. The van der Waals surface area contributed by atoms with E-state index in [1.54, 1.807) is 11.0 Å². The minimum atomic E-state index is -3.27. The summed E-state index contributed by atoms with van der Waals surface area (Å²) in [5, 5.41) is 10.5. The van der Waals surface area contributed by atoms with Crippen molar-refractivity contribution in [3.8, 4) is 0 Å². The molecule has 2 heterocycles. The quantitative estimate of drug-likeness (QED) is 0.643. The highest BCUT2D eigenvalue weighted by Crippen LogP contribution is 2.40. The lowest BCUT2D eigenvalue weighted by atomic mass is 10.2. The van der Waals surface area contributed by atoms with Gasteiger partial charge in [0.15, 0.2) is 15.0 Å². The first-order chi connectivity index (χ1) is 13.5. The van der Waals surface area contributed by atoms with Crippen LogP contribution < -0.4 is 4.90 Å². The van der Waals surface area contributed by atoms with E-state index in [2.05, 4.69) is 14.8 Å². The van der Waals surface area contributed by atoms with Crippen molar-refractivity contribution in [3.05, 3.63) is 47.6 Å². The fraction of sp³-hybridized carbons (Fsp3) is 0.421. The number of hydrogen-bond acceptors (Lipinski definition) is 6. The van der Waals surface area contributed by atoms with Crippen LogP contribution in [0.4, 0.5) is 5.69 Å². The molecule has 0 spiro atoms. The van der Waals surface area contributed by atoms with E-state index in [1.165, 1.54) is 17.2 Å². The molecule has 0 N–H and O–H groups in total. The summed E-state index contributed by atoms with van der Waals surface area (Å²) in [6, 6.07) is 8.69. The number of rotatable bonds is 7. The zero-order valence-electron chi connectivity index (χ0n) is 15.6. The van der Waals surface area contributed by atoms with Crippen LogP contribution in [0, 0.1) is 0 Å². The minimum Gasteiger partial charge on any atom is -0.306 e. The number of hydrogen-bond donors (Lipinski definition) is 0. The van der Waals surface area contributed by atoms with Crippen molar-refractivity contribution in [2.24, 2.45) is 0 Å². The van der Waals surface area contributed by atoms with E-state index in [1.807, 2.05) is 37.3 Å². The third kappa shape index (κ3) is 4.00. The lowest BCUT2D eigenvalue weighted by Crippen LogP contribution is -2.42. The molecule has 7 nitrogen and oxygen atoms in total. The Morgan fingerprint density at radius 3 is 2.61 bits per heavy atom. The van der Waals surface area contributed by atoms with Gasteiger partial charge in [-0.15, -0.1) is 10.2 Å². The van der Waals surface area contributed by atoms with Gasteiger partial charge in [0.2, 0.25) is 5.91 Å². The van der Waals surface area contributed by atoms with Crippen LogP contribution in [0.15, 0.2) is 47.0 Å². The first kappa shape index (κ1) is 19.2. The maximum Gasteiger partial charge on any atom is 0.238 e. The van der Waals surface area contributed by atoms with Crippen molar-refractivity contribution in [1.29, 1.82) is 0 Å². The molecule has 1 amide bonds. The van der Waals surface area contributed by atoms with Crippen molar-refractivity contribution in [3.63, 3.8) is 0 Å². The van der Waals surface area contributed by atoms with Crippen LogP contribution in [0.3, 0.4) is 0 Å². The SMILES string of the molecule is CCn1c(SCC(=O)N(c2ccccc2)[C@H]2C=CS(=O)(=O)C2)nnc1C1CC1. The van der Waals surface area contributed by atoms with Crippen LogP contribution in [0.1, 0.15) is 31.5 Å². The topological polar surface area (TPSA) is 85.2 Å². The van der Waals surface area contributed by atoms with Gasteiger partial charge < -0.3 is 9.47 Å². The highest BCUT2D eigenvalue weighted by atomic mass is 32.2. The Kier molecular flexibility index (Phi) is 5.29. The van der Waals surface area contributed by atoms with Crippen LogP contribution in [0.2, 0.25) is 0 Å². The maximum absolute atomic E-state index is 13.1. The van der Waals surface area contributed by atoms with E-state index in [9.17, 15) is 13.2 Å². The zero-order valence-corrected chi connectivity index (χ0v) is 17.2. The van der Waals surface area contributed by atoms with E-state index >= 15 is 0 Å². The van der Waals surface area contributed by atoms with Gasteiger partial charge >= 0.3 is 0 Å². The third-order valence-electron chi connectivity index (χ3n) is 4.87. The second-order valence-electron chi connectivity index (χ2n) is 6.97. The summed E-state index contributed by atoms with van der Waals surface area (Å²) in [5.74, 6) is 1.42. The molecule has 1 fully saturated rings. The molecular formula is C19H22N4O3S2. The number of para-hydroxylation sites is 1. The Morgan fingerprint density at radius 2 is 2.00 bits per heavy atom. The van der Waals surface area contributed by atoms with Crippen LogP contribution >= 0.6 is 11.8 Å². The second kappa shape index (κ2) is 7.71. The summed E-state index contributed by atoms with van der Waals surface area (Å²) in [4.78, 5) is 14.7. The van der Waals surface area contributed by atoms with E-state index in [4.69, 9.17) is 0 Å². The number of anilines is 1. The summed E-state index contributed by atoms with van der Waals surface area (Å²) in [5.41, 5.74) is 0.690. The maximum atomic E-state index is 13.1. The van der Waals surface area contributed by atoms with Crippen molar-refractivity contribution in [1.82, 2.24) is 14.8 Å². The normalized spacial score (nSPS) is 20.4. The van der Waals surface area contributed by atoms with Gasteiger partial charge in [0.05, 0.1) is 17.5 Å². The molecular weight excluding hydrogens is 396 g/mol. The molecule has 0 bridgehead atoms. The standard InChI is InChI=1S/C19H22N4O3S2/c1-2-22-18(14-8-9-14)20-21-19(22)27-12-17(24)23(15-6-4-3-5-7-15)16-10-11-28(25,26)13-16/h3-7,10-11,14,16H,2,8-9,12-13H2,1H3/t16-/m0/s1. The van der Waals surface area contributed by atoms with Crippen molar-refractivity contribution < 1.29 is 13.2 Å². The molecule has 148 valence electrons. The monoisotopic (exact) mass is 418 g/mol. The smallest absolute Gasteiger partial charge is 0.238 e. The zero-order chi connectivity index (χ0) is 19.7. The molecule has 1 aliphatic heterocycles. The summed E-state index contributed by atoms with van der Waals surface area (Å²) in [6.07, 6.45) is 3.88. The second-order valence-corrected chi connectivity index (χ2v) is 9.85. The highest BCUT2D eigenvalue weighted by Gasteiger charge is 2.32. The van der Waals surface area contributed by atoms with E-state index < -0.39 is 15.9 Å². The molecule has 0 radical (unpaired) electrons. The van der Waals surface area contributed by atoms with Gasteiger partial charge in [0, 0.05) is 23.6 Å². The predicted molar refractivity (Wildman–Crippen MR) is 109 cm³/mol.